The molecule has 8 nitrogen and oxygen atoms in total. The van der Waals surface area contributed by atoms with Crippen molar-refractivity contribution in [1.29, 1.82) is 0 Å². The van der Waals surface area contributed by atoms with Gasteiger partial charge in [-0.25, -0.2) is 4.98 Å². The van der Waals surface area contributed by atoms with Gasteiger partial charge in [0.2, 0.25) is 5.78 Å². The highest BCUT2D eigenvalue weighted by atomic mass is 16.6. The van der Waals surface area contributed by atoms with Crippen molar-refractivity contribution in [3.63, 3.8) is 0 Å². The second-order valence-corrected chi connectivity index (χ2v) is 5.06. The van der Waals surface area contributed by atoms with Crippen LogP contribution in [0.4, 0.5) is 0 Å². The Morgan fingerprint density at radius 2 is 2.00 bits per heavy atom. The van der Waals surface area contributed by atoms with Crippen LogP contribution in [0.15, 0.2) is 53.4 Å². The van der Waals surface area contributed by atoms with Crippen molar-refractivity contribution in [2.24, 2.45) is 0 Å². The summed E-state index contributed by atoms with van der Waals surface area (Å²) in [6.07, 6.45) is 3.44. The van der Waals surface area contributed by atoms with E-state index in [9.17, 15) is 14.7 Å². The Bertz CT molecular complexity index is 924. The predicted octanol–water partition coefficient (Wildman–Crippen LogP) is 3.17. The molecule has 0 saturated heterocycles. The second kappa shape index (κ2) is 6.83. The van der Waals surface area contributed by atoms with Crippen molar-refractivity contribution in [2.75, 3.05) is 0 Å². The first-order chi connectivity index (χ1) is 12.0. The van der Waals surface area contributed by atoms with Crippen molar-refractivity contribution >= 4 is 17.3 Å². The van der Waals surface area contributed by atoms with Crippen LogP contribution in [0, 0.1) is 0 Å². The molecule has 3 rings (SSSR count). The van der Waals surface area contributed by atoms with E-state index in [-0.39, 0.29) is 28.9 Å². The molecule has 0 saturated carbocycles. The van der Waals surface area contributed by atoms with E-state index in [0.29, 0.717) is 11.3 Å². The van der Waals surface area contributed by atoms with Crippen LogP contribution in [0.3, 0.4) is 0 Å². The number of benzene rings is 1. The number of carbonyl (C=O) groups excluding carboxylic acids is 2. The number of aromatic amines is 1. The maximum atomic E-state index is 11.8. The Labute approximate surface area is 141 Å². The van der Waals surface area contributed by atoms with Gasteiger partial charge in [-0.1, -0.05) is 0 Å². The molecule has 0 aliphatic carbocycles. The number of hydrogen-bond acceptors (Lipinski definition) is 7. The summed E-state index contributed by atoms with van der Waals surface area (Å²) in [5, 5.41) is 16.0. The van der Waals surface area contributed by atoms with Crippen LogP contribution in [0.25, 0.3) is 5.76 Å². The highest BCUT2D eigenvalue weighted by Crippen LogP contribution is 2.26. The molecular formula is C17H13N3O5. The molecule has 1 aromatic carbocycles. The van der Waals surface area contributed by atoms with Gasteiger partial charge < -0.3 is 14.3 Å². The van der Waals surface area contributed by atoms with Gasteiger partial charge in [-0.3, -0.25) is 14.7 Å². The molecule has 2 aromatic heterocycles. The van der Waals surface area contributed by atoms with Crippen LogP contribution < -0.4 is 4.74 Å². The van der Waals surface area contributed by atoms with E-state index in [0.717, 1.165) is 6.08 Å². The summed E-state index contributed by atoms with van der Waals surface area (Å²) in [5.74, 6) is -0.273. The van der Waals surface area contributed by atoms with Gasteiger partial charge in [-0.15, -0.1) is 0 Å². The molecule has 2 heterocycles. The molecule has 0 aliphatic rings. The largest absolute Gasteiger partial charge is 0.507 e. The van der Waals surface area contributed by atoms with Crippen molar-refractivity contribution in [1.82, 2.24) is 15.2 Å². The number of ether oxygens (including phenoxy) is 1. The number of H-pyrrole nitrogens is 1. The highest BCUT2D eigenvalue weighted by Gasteiger charge is 2.12. The maximum absolute atomic E-state index is 11.8. The first kappa shape index (κ1) is 16.2. The molecule has 0 aliphatic heterocycles. The lowest BCUT2D eigenvalue weighted by Gasteiger charge is -2.02. The summed E-state index contributed by atoms with van der Waals surface area (Å²) in [6, 6.07) is 7.95. The van der Waals surface area contributed by atoms with E-state index in [2.05, 4.69) is 15.2 Å². The number of nitrogens with zero attached hydrogens (tertiary/aromatic N) is 2. The predicted molar refractivity (Wildman–Crippen MR) is 86.5 cm³/mol. The Morgan fingerprint density at radius 1 is 1.24 bits per heavy atom. The van der Waals surface area contributed by atoms with Gasteiger partial charge in [0, 0.05) is 17.7 Å². The number of ketones is 2. The van der Waals surface area contributed by atoms with E-state index in [4.69, 9.17) is 9.15 Å². The van der Waals surface area contributed by atoms with Crippen molar-refractivity contribution in [3.05, 3.63) is 65.9 Å². The third-order valence-electron chi connectivity index (χ3n) is 3.27. The zero-order valence-electron chi connectivity index (χ0n) is 13.1. The molecular weight excluding hydrogens is 326 g/mol. The molecule has 8 heteroatoms. The Balaban J connectivity index is 1.71. The Kier molecular flexibility index (Phi) is 4.42. The second-order valence-electron chi connectivity index (χ2n) is 5.06. The number of aliphatic hydroxyl groups is 1. The molecule has 0 spiro atoms. The summed E-state index contributed by atoms with van der Waals surface area (Å²) >= 11 is 0. The van der Waals surface area contributed by atoms with Crippen LogP contribution in [0.5, 0.6) is 11.7 Å². The average Bonchev–Trinajstić information content (AvgIpc) is 3.27. The minimum atomic E-state index is -0.529. The third kappa shape index (κ3) is 3.81. The van der Waals surface area contributed by atoms with Crippen molar-refractivity contribution < 1.29 is 23.8 Å². The molecule has 3 aromatic rings. The van der Waals surface area contributed by atoms with E-state index in [1.54, 1.807) is 24.3 Å². The number of allylic oxidation sites excluding steroid dienone is 1. The van der Waals surface area contributed by atoms with Crippen molar-refractivity contribution in [2.45, 2.75) is 6.92 Å². The van der Waals surface area contributed by atoms with E-state index in [1.807, 2.05) is 0 Å². The van der Waals surface area contributed by atoms with Crippen LogP contribution in [0.1, 0.15) is 33.5 Å². The molecule has 126 valence electrons. The summed E-state index contributed by atoms with van der Waals surface area (Å²) in [7, 11) is 0. The van der Waals surface area contributed by atoms with Gasteiger partial charge in [-0.05, 0) is 31.2 Å². The number of carbonyl (C=O) groups is 2. The number of rotatable bonds is 6. The zero-order chi connectivity index (χ0) is 17.8. The monoisotopic (exact) mass is 339 g/mol. The fourth-order valence-corrected chi connectivity index (χ4v) is 1.98. The molecule has 0 atom stereocenters. The molecule has 0 radical (unpaired) electrons. The molecule has 0 unspecified atom stereocenters. The van der Waals surface area contributed by atoms with E-state index >= 15 is 0 Å². The summed E-state index contributed by atoms with van der Waals surface area (Å²) < 4.78 is 10.7. The Hall–Kier alpha value is -3.68. The maximum Gasteiger partial charge on any atom is 0.290 e. The fourth-order valence-electron chi connectivity index (χ4n) is 1.98. The van der Waals surface area contributed by atoms with E-state index < -0.39 is 5.78 Å². The fraction of sp³-hybridized carbons (Fsp3) is 0.0588. The number of hydrogen-bond donors (Lipinski definition) is 2. The van der Waals surface area contributed by atoms with Gasteiger partial charge in [0.25, 0.3) is 5.95 Å². The number of nitrogens with one attached hydrogen (secondary N) is 1. The summed E-state index contributed by atoms with van der Waals surface area (Å²) in [6.45, 7) is 1.48. The molecule has 2 N–H and O–H groups in total. The minimum Gasteiger partial charge on any atom is -0.507 e. The topological polar surface area (TPSA) is 118 Å². The Morgan fingerprint density at radius 3 is 2.64 bits per heavy atom. The standard InChI is InChI=1S/C17H13N3O5/c1-10(21)11-2-4-13(5-3-11)25-16-6-12(8-24-16)14(22)7-15(23)17-18-9-19-20-17/h2-9,22H,1H3,(H,18,19,20). The lowest BCUT2D eigenvalue weighted by atomic mass is 10.1. The SMILES string of the molecule is CC(=O)c1ccc(Oc2cc(C(O)=CC(=O)c3ncn[nH]3)co2)cc1. The lowest BCUT2D eigenvalue weighted by molar-refractivity contribution is 0.101. The number of Topliss-reactive ketones (excluding diaryl/α,β-unsaturated/α-hetero) is 1. The molecule has 0 amide bonds. The van der Waals surface area contributed by atoms with Crippen LogP contribution in [-0.4, -0.2) is 31.9 Å². The van der Waals surface area contributed by atoms with Crippen molar-refractivity contribution in [3.8, 4) is 11.7 Å². The van der Waals surface area contributed by atoms with Gasteiger partial charge in [0.05, 0.1) is 5.56 Å². The highest BCUT2D eigenvalue weighted by molar-refractivity contribution is 6.05. The lowest BCUT2D eigenvalue weighted by Crippen LogP contribution is -1.98. The average molecular weight is 339 g/mol. The van der Waals surface area contributed by atoms with Gasteiger partial charge in [-0.2, -0.15) is 5.10 Å². The molecule has 25 heavy (non-hydrogen) atoms. The van der Waals surface area contributed by atoms with E-state index in [1.165, 1.54) is 25.6 Å². The van der Waals surface area contributed by atoms with Crippen LogP contribution in [0.2, 0.25) is 0 Å². The normalized spacial score (nSPS) is 11.3. The smallest absolute Gasteiger partial charge is 0.290 e. The molecule has 0 bridgehead atoms. The van der Waals surface area contributed by atoms with Gasteiger partial charge >= 0.3 is 0 Å². The minimum absolute atomic E-state index is 0.0112. The first-order valence-electron chi connectivity index (χ1n) is 7.21. The quantitative estimate of drug-likeness (QED) is 0.402. The van der Waals surface area contributed by atoms with Crippen LogP contribution in [-0.2, 0) is 0 Å². The number of aromatic nitrogens is 3. The van der Waals surface area contributed by atoms with Crippen LogP contribution >= 0.6 is 0 Å². The third-order valence-corrected chi connectivity index (χ3v) is 3.27. The summed E-state index contributed by atoms with van der Waals surface area (Å²) in [5.41, 5.74) is 0.835. The first-order valence-corrected chi connectivity index (χ1v) is 7.21. The summed E-state index contributed by atoms with van der Waals surface area (Å²) in [4.78, 5) is 26.7. The zero-order valence-corrected chi connectivity index (χ0v) is 13.1. The number of aliphatic hydroxyl groups excluding tert-OH is 1. The number of furan rings is 1. The van der Waals surface area contributed by atoms with Gasteiger partial charge in [0.1, 0.15) is 24.1 Å². The molecule has 0 fully saturated rings. The van der Waals surface area contributed by atoms with Gasteiger partial charge in [0.15, 0.2) is 11.6 Å².